The number of hydrogen-bond donors (Lipinski definition) is 1. The number of nitrogens with one attached hydrogen (secondary N) is 1. The van der Waals surface area contributed by atoms with Gasteiger partial charge in [-0.05, 0) is 30.5 Å². The van der Waals surface area contributed by atoms with Crippen LogP contribution in [-0.2, 0) is 4.74 Å². The van der Waals surface area contributed by atoms with Gasteiger partial charge in [-0.1, -0.05) is 6.07 Å². The molecule has 0 aliphatic carbocycles. The predicted octanol–water partition coefficient (Wildman–Crippen LogP) is 2.82. The van der Waals surface area contributed by atoms with Crippen molar-refractivity contribution in [1.29, 1.82) is 0 Å². The maximum Gasteiger partial charge on any atom is 0.133 e. The molecule has 0 atom stereocenters. The lowest BCUT2D eigenvalue weighted by molar-refractivity contribution is 0.158. The van der Waals surface area contributed by atoms with Gasteiger partial charge in [-0.3, -0.25) is 0 Å². The Morgan fingerprint density at radius 2 is 2.24 bits per heavy atom. The van der Waals surface area contributed by atoms with Crippen LogP contribution in [0, 0.1) is 5.82 Å². The first kappa shape index (κ1) is 11.8. The zero-order valence-corrected chi connectivity index (χ0v) is 9.74. The summed E-state index contributed by atoms with van der Waals surface area (Å²) >= 11 is 0. The molecule has 0 aliphatic rings. The molecular formula is C13H15FN2O. The lowest BCUT2D eigenvalue weighted by atomic mass is 10.1. The van der Waals surface area contributed by atoms with Crippen molar-refractivity contribution in [1.82, 2.24) is 4.98 Å². The number of hydrogen-bond acceptors (Lipinski definition) is 3. The molecule has 1 aromatic carbocycles. The van der Waals surface area contributed by atoms with Crippen LogP contribution in [0.15, 0.2) is 30.5 Å². The molecule has 0 fully saturated rings. The first-order valence-corrected chi connectivity index (χ1v) is 5.67. The van der Waals surface area contributed by atoms with Gasteiger partial charge in [0.1, 0.15) is 11.6 Å². The van der Waals surface area contributed by atoms with E-state index in [1.54, 1.807) is 12.3 Å². The summed E-state index contributed by atoms with van der Waals surface area (Å²) in [4.78, 5) is 4.21. The molecule has 90 valence electrons. The molecule has 2 rings (SSSR count). The average molecular weight is 234 g/mol. The minimum atomic E-state index is -0.252. The molecule has 1 heterocycles. The molecule has 0 saturated heterocycles. The highest BCUT2D eigenvalue weighted by Gasteiger charge is 2.02. The highest BCUT2D eigenvalue weighted by atomic mass is 19.1. The van der Waals surface area contributed by atoms with E-state index < -0.39 is 0 Å². The third-order valence-electron chi connectivity index (χ3n) is 2.47. The predicted molar refractivity (Wildman–Crippen MR) is 66.7 cm³/mol. The van der Waals surface area contributed by atoms with Crippen molar-refractivity contribution in [3.8, 4) is 0 Å². The molecule has 0 bridgehead atoms. The summed E-state index contributed by atoms with van der Waals surface area (Å²) < 4.78 is 18.4. The molecule has 4 heteroatoms. The van der Waals surface area contributed by atoms with E-state index in [9.17, 15) is 4.39 Å². The van der Waals surface area contributed by atoms with E-state index in [1.165, 1.54) is 12.1 Å². The van der Waals surface area contributed by atoms with E-state index in [-0.39, 0.29) is 5.82 Å². The normalized spacial score (nSPS) is 10.7. The number of halogens is 1. The van der Waals surface area contributed by atoms with Gasteiger partial charge in [0.05, 0.1) is 6.61 Å². The number of fused-ring (bicyclic) bond motifs is 1. The molecule has 0 spiro atoms. The summed E-state index contributed by atoms with van der Waals surface area (Å²) in [6.07, 6.45) is 1.71. The van der Waals surface area contributed by atoms with Crippen LogP contribution in [0.2, 0.25) is 0 Å². The fourth-order valence-electron chi connectivity index (χ4n) is 1.67. The topological polar surface area (TPSA) is 34.1 Å². The van der Waals surface area contributed by atoms with Crippen molar-refractivity contribution in [3.63, 3.8) is 0 Å². The summed E-state index contributed by atoms with van der Waals surface area (Å²) in [5, 5.41) is 4.91. The largest absolute Gasteiger partial charge is 0.380 e. The fourth-order valence-corrected chi connectivity index (χ4v) is 1.67. The number of anilines is 1. The number of benzene rings is 1. The third-order valence-corrected chi connectivity index (χ3v) is 2.47. The van der Waals surface area contributed by atoms with Gasteiger partial charge >= 0.3 is 0 Å². The smallest absolute Gasteiger partial charge is 0.133 e. The van der Waals surface area contributed by atoms with Gasteiger partial charge < -0.3 is 10.1 Å². The Morgan fingerprint density at radius 3 is 3.06 bits per heavy atom. The Morgan fingerprint density at radius 1 is 1.35 bits per heavy atom. The second-order valence-electron chi connectivity index (χ2n) is 3.65. The van der Waals surface area contributed by atoms with Crippen LogP contribution < -0.4 is 5.32 Å². The molecule has 0 radical (unpaired) electrons. The molecule has 3 nitrogen and oxygen atoms in total. The molecular weight excluding hydrogens is 219 g/mol. The number of pyridine rings is 1. The second kappa shape index (κ2) is 5.59. The molecule has 0 aliphatic heterocycles. The Kier molecular flexibility index (Phi) is 3.88. The number of aromatic nitrogens is 1. The highest BCUT2D eigenvalue weighted by Crippen LogP contribution is 2.21. The zero-order valence-electron chi connectivity index (χ0n) is 9.74. The van der Waals surface area contributed by atoms with Crippen molar-refractivity contribution in [3.05, 3.63) is 36.3 Å². The summed E-state index contributed by atoms with van der Waals surface area (Å²) in [6, 6.07) is 6.56. The first-order valence-electron chi connectivity index (χ1n) is 5.67. The van der Waals surface area contributed by atoms with Gasteiger partial charge in [0.2, 0.25) is 0 Å². The van der Waals surface area contributed by atoms with Gasteiger partial charge in [-0.25, -0.2) is 9.37 Å². The van der Waals surface area contributed by atoms with Crippen LogP contribution in [0.5, 0.6) is 0 Å². The SMILES string of the molecule is CCOCCNc1nccc2ccc(F)cc12. The Balaban J connectivity index is 2.18. The van der Waals surface area contributed by atoms with E-state index in [4.69, 9.17) is 4.74 Å². The van der Waals surface area contributed by atoms with Crippen molar-refractivity contribution in [2.75, 3.05) is 25.1 Å². The minimum Gasteiger partial charge on any atom is -0.380 e. The minimum absolute atomic E-state index is 0.252. The molecule has 0 amide bonds. The highest BCUT2D eigenvalue weighted by molar-refractivity contribution is 5.91. The van der Waals surface area contributed by atoms with Crippen molar-refractivity contribution in [2.24, 2.45) is 0 Å². The van der Waals surface area contributed by atoms with Crippen molar-refractivity contribution >= 4 is 16.6 Å². The van der Waals surface area contributed by atoms with E-state index in [0.29, 0.717) is 25.6 Å². The maximum absolute atomic E-state index is 13.2. The van der Waals surface area contributed by atoms with E-state index in [0.717, 1.165) is 10.8 Å². The van der Waals surface area contributed by atoms with E-state index in [1.807, 2.05) is 13.0 Å². The summed E-state index contributed by atoms with van der Waals surface area (Å²) in [5.74, 6) is 0.445. The molecule has 0 saturated carbocycles. The number of nitrogens with zero attached hydrogens (tertiary/aromatic N) is 1. The molecule has 1 aromatic heterocycles. The standard InChI is InChI=1S/C13H15FN2O/c1-2-17-8-7-16-13-12-9-11(14)4-3-10(12)5-6-15-13/h3-6,9H,2,7-8H2,1H3,(H,15,16). The van der Waals surface area contributed by atoms with Crippen LogP contribution in [0.1, 0.15) is 6.92 Å². The van der Waals surface area contributed by atoms with Crippen LogP contribution in [0.4, 0.5) is 10.2 Å². The zero-order chi connectivity index (χ0) is 12.1. The van der Waals surface area contributed by atoms with Crippen LogP contribution >= 0.6 is 0 Å². The summed E-state index contributed by atoms with van der Waals surface area (Å²) in [5.41, 5.74) is 0. The van der Waals surface area contributed by atoms with Gasteiger partial charge in [-0.2, -0.15) is 0 Å². The Bertz CT molecular complexity index is 502. The lowest BCUT2D eigenvalue weighted by Crippen LogP contribution is -2.10. The molecule has 0 unspecified atom stereocenters. The number of rotatable bonds is 5. The fraction of sp³-hybridized carbons (Fsp3) is 0.308. The number of ether oxygens (including phenoxy) is 1. The monoisotopic (exact) mass is 234 g/mol. The lowest BCUT2D eigenvalue weighted by Gasteiger charge is -2.08. The van der Waals surface area contributed by atoms with Crippen LogP contribution in [0.3, 0.4) is 0 Å². The van der Waals surface area contributed by atoms with Crippen molar-refractivity contribution in [2.45, 2.75) is 6.92 Å². The van der Waals surface area contributed by atoms with Gasteiger partial charge in [0.15, 0.2) is 0 Å². The Hall–Kier alpha value is -1.68. The van der Waals surface area contributed by atoms with Crippen LogP contribution in [0.25, 0.3) is 10.8 Å². The van der Waals surface area contributed by atoms with Crippen molar-refractivity contribution < 1.29 is 9.13 Å². The summed E-state index contributed by atoms with van der Waals surface area (Å²) in [6.45, 7) is 3.92. The summed E-state index contributed by atoms with van der Waals surface area (Å²) in [7, 11) is 0. The molecule has 1 N–H and O–H groups in total. The quantitative estimate of drug-likeness (QED) is 0.808. The van der Waals surface area contributed by atoms with E-state index in [2.05, 4.69) is 10.3 Å². The second-order valence-corrected chi connectivity index (χ2v) is 3.65. The molecule has 2 aromatic rings. The third kappa shape index (κ3) is 2.91. The Labute approximate surface area is 99.6 Å². The van der Waals surface area contributed by atoms with Gasteiger partial charge in [0.25, 0.3) is 0 Å². The van der Waals surface area contributed by atoms with Gasteiger partial charge in [0, 0.05) is 24.7 Å². The first-order chi connectivity index (χ1) is 8.31. The molecule has 17 heavy (non-hydrogen) atoms. The van der Waals surface area contributed by atoms with Gasteiger partial charge in [-0.15, -0.1) is 0 Å². The van der Waals surface area contributed by atoms with Crippen LogP contribution in [-0.4, -0.2) is 24.7 Å². The maximum atomic E-state index is 13.2. The average Bonchev–Trinajstić information content (AvgIpc) is 2.35. The van der Waals surface area contributed by atoms with E-state index >= 15 is 0 Å².